The quantitative estimate of drug-likeness (QED) is 0.675. The van der Waals surface area contributed by atoms with E-state index in [1.54, 1.807) is 6.07 Å². The van der Waals surface area contributed by atoms with Gasteiger partial charge in [-0.05, 0) is 24.2 Å². The molecule has 1 aliphatic rings. The van der Waals surface area contributed by atoms with Crippen LogP contribution in [0.15, 0.2) is 65.2 Å². The van der Waals surface area contributed by atoms with Gasteiger partial charge in [-0.3, -0.25) is 14.5 Å². The number of hydrogen-bond donors (Lipinski definition) is 2. The molecule has 2 amide bonds. The highest BCUT2D eigenvalue weighted by molar-refractivity contribution is 5.97. The standard InChI is InChI=1S/C22H22N4O3/c1-26(13-15-7-3-2-4-8-15)14-16-11-20(25-29-16)22(28)24-19-12-21(27)23-18-10-6-5-9-17(18)19/h2-11,19H,12-14H2,1H3,(H,23,27)(H,24,28). The van der Waals surface area contributed by atoms with Crippen molar-refractivity contribution in [3.8, 4) is 0 Å². The van der Waals surface area contributed by atoms with Gasteiger partial charge in [-0.25, -0.2) is 0 Å². The first-order valence-electron chi connectivity index (χ1n) is 9.46. The van der Waals surface area contributed by atoms with E-state index in [1.165, 1.54) is 5.56 Å². The van der Waals surface area contributed by atoms with E-state index in [4.69, 9.17) is 4.52 Å². The van der Waals surface area contributed by atoms with Crippen molar-refractivity contribution in [3.63, 3.8) is 0 Å². The number of amides is 2. The van der Waals surface area contributed by atoms with Crippen molar-refractivity contribution < 1.29 is 14.1 Å². The first-order valence-corrected chi connectivity index (χ1v) is 9.46. The van der Waals surface area contributed by atoms with Crippen molar-refractivity contribution in [2.75, 3.05) is 12.4 Å². The monoisotopic (exact) mass is 390 g/mol. The molecule has 0 bridgehead atoms. The minimum Gasteiger partial charge on any atom is -0.359 e. The first kappa shape index (κ1) is 18.9. The van der Waals surface area contributed by atoms with Crippen molar-refractivity contribution >= 4 is 17.5 Å². The molecule has 1 aromatic heterocycles. The number of anilines is 1. The fraction of sp³-hybridized carbons (Fsp3) is 0.227. The summed E-state index contributed by atoms with van der Waals surface area (Å²) in [5, 5.41) is 9.61. The van der Waals surface area contributed by atoms with Gasteiger partial charge in [0.2, 0.25) is 5.91 Å². The molecular formula is C22H22N4O3. The predicted octanol–water partition coefficient (Wildman–Crippen LogP) is 3.12. The molecule has 0 radical (unpaired) electrons. The largest absolute Gasteiger partial charge is 0.359 e. The van der Waals surface area contributed by atoms with Crippen molar-refractivity contribution in [1.29, 1.82) is 0 Å². The van der Waals surface area contributed by atoms with E-state index >= 15 is 0 Å². The number of hydrogen-bond acceptors (Lipinski definition) is 5. The second kappa shape index (κ2) is 8.28. The van der Waals surface area contributed by atoms with E-state index in [2.05, 4.69) is 32.8 Å². The third kappa shape index (κ3) is 4.52. The molecule has 2 aromatic carbocycles. The van der Waals surface area contributed by atoms with Gasteiger partial charge in [0.15, 0.2) is 11.5 Å². The zero-order valence-electron chi connectivity index (χ0n) is 16.1. The van der Waals surface area contributed by atoms with Crippen molar-refractivity contribution in [3.05, 3.63) is 83.2 Å². The SMILES string of the molecule is CN(Cc1ccccc1)Cc1cc(C(=O)NC2CC(=O)Nc3ccccc32)no1. The second-order valence-electron chi connectivity index (χ2n) is 7.20. The Hall–Kier alpha value is -3.45. The van der Waals surface area contributed by atoms with Gasteiger partial charge >= 0.3 is 0 Å². The number of rotatable bonds is 6. The normalized spacial score (nSPS) is 15.7. The molecule has 4 rings (SSSR count). The average Bonchev–Trinajstić information content (AvgIpc) is 3.17. The molecular weight excluding hydrogens is 368 g/mol. The highest BCUT2D eigenvalue weighted by atomic mass is 16.5. The molecule has 0 fully saturated rings. The third-order valence-electron chi connectivity index (χ3n) is 4.82. The molecule has 1 unspecified atom stereocenters. The molecule has 0 aliphatic carbocycles. The Morgan fingerprint density at radius 1 is 1.17 bits per heavy atom. The number of carbonyl (C=O) groups excluding carboxylic acids is 2. The molecule has 0 spiro atoms. The summed E-state index contributed by atoms with van der Waals surface area (Å²) < 4.78 is 5.34. The van der Waals surface area contributed by atoms with Crippen LogP contribution in [0, 0.1) is 0 Å². The van der Waals surface area contributed by atoms with Crippen molar-refractivity contribution in [2.45, 2.75) is 25.6 Å². The Morgan fingerprint density at radius 3 is 2.76 bits per heavy atom. The molecule has 29 heavy (non-hydrogen) atoms. The van der Waals surface area contributed by atoms with Crippen LogP contribution in [-0.2, 0) is 17.9 Å². The van der Waals surface area contributed by atoms with Crippen LogP contribution < -0.4 is 10.6 Å². The van der Waals surface area contributed by atoms with Gasteiger partial charge < -0.3 is 15.2 Å². The summed E-state index contributed by atoms with van der Waals surface area (Å²) in [6, 6.07) is 18.8. The maximum absolute atomic E-state index is 12.6. The maximum atomic E-state index is 12.6. The van der Waals surface area contributed by atoms with Gasteiger partial charge in [0.25, 0.3) is 5.91 Å². The van der Waals surface area contributed by atoms with Crippen LogP contribution in [0.25, 0.3) is 0 Å². The molecule has 7 heteroatoms. The van der Waals surface area contributed by atoms with Gasteiger partial charge in [-0.15, -0.1) is 0 Å². The minimum atomic E-state index is -0.395. The van der Waals surface area contributed by atoms with Crippen LogP contribution in [0.1, 0.15) is 39.8 Å². The number of para-hydroxylation sites is 1. The fourth-order valence-corrected chi connectivity index (χ4v) is 3.48. The van der Waals surface area contributed by atoms with E-state index in [-0.39, 0.29) is 23.9 Å². The first-order chi connectivity index (χ1) is 14.1. The number of aromatic nitrogens is 1. The summed E-state index contributed by atoms with van der Waals surface area (Å²) in [7, 11) is 1.98. The molecule has 0 saturated heterocycles. The summed E-state index contributed by atoms with van der Waals surface area (Å²) in [4.78, 5) is 26.7. The second-order valence-corrected chi connectivity index (χ2v) is 7.20. The number of nitrogens with zero attached hydrogens (tertiary/aromatic N) is 2. The summed E-state index contributed by atoms with van der Waals surface area (Å²) in [6.45, 7) is 1.29. The Balaban J connectivity index is 1.39. The smallest absolute Gasteiger partial charge is 0.273 e. The van der Waals surface area contributed by atoms with E-state index in [1.807, 2.05) is 49.5 Å². The van der Waals surface area contributed by atoms with Gasteiger partial charge in [-0.2, -0.15) is 0 Å². The molecule has 0 saturated carbocycles. The fourth-order valence-electron chi connectivity index (χ4n) is 3.48. The van der Waals surface area contributed by atoms with Crippen LogP contribution in [0.3, 0.4) is 0 Å². The van der Waals surface area contributed by atoms with Gasteiger partial charge in [0.1, 0.15) is 0 Å². The zero-order chi connectivity index (χ0) is 20.2. The molecule has 2 N–H and O–H groups in total. The number of carbonyl (C=O) groups is 2. The minimum absolute atomic E-state index is 0.127. The third-order valence-corrected chi connectivity index (χ3v) is 4.82. The molecule has 3 aromatic rings. The summed E-state index contributed by atoms with van der Waals surface area (Å²) >= 11 is 0. The Morgan fingerprint density at radius 2 is 1.93 bits per heavy atom. The predicted molar refractivity (Wildman–Crippen MR) is 108 cm³/mol. The average molecular weight is 390 g/mol. The number of nitrogens with one attached hydrogen (secondary N) is 2. The summed E-state index contributed by atoms with van der Waals surface area (Å²) in [5.74, 6) is 0.118. The molecule has 1 aliphatic heterocycles. The number of fused-ring (bicyclic) bond motifs is 1. The highest BCUT2D eigenvalue weighted by Crippen LogP contribution is 2.30. The number of benzene rings is 2. The van der Waals surface area contributed by atoms with E-state index in [0.29, 0.717) is 12.3 Å². The van der Waals surface area contributed by atoms with E-state index < -0.39 is 6.04 Å². The molecule has 148 valence electrons. The lowest BCUT2D eigenvalue weighted by Crippen LogP contribution is -2.35. The summed E-state index contributed by atoms with van der Waals surface area (Å²) in [5.41, 5.74) is 3.00. The molecule has 7 nitrogen and oxygen atoms in total. The maximum Gasteiger partial charge on any atom is 0.273 e. The molecule has 1 atom stereocenters. The van der Waals surface area contributed by atoms with Crippen molar-refractivity contribution in [2.24, 2.45) is 0 Å². The van der Waals surface area contributed by atoms with Crippen LogP contribution in [0.4, 0.5) is 5.69 Å². The Kier molecular flexibility index (Phi) is 5.39. The summed E-state index contributed by atoms with van der Waals surface area (Å²) in [6.07, 6.45) is 0.188. The van der Waals surface area contributed by atoms with Gasteiger partial charge in [0.05, 0.1) is 19.0 Å². The molecule has 2 heterocycles. The highest BCUT2D eigenvalue weighted by Gasteiger charge is 2.27. The lowest BCUT2D eigenvalue weighted by molar-refractivity contribution is -0.116. The van der Waals surface area contributed by atoms with Gasteiger partial charge in [0, 0.05) is 18.3 Å². The van der Waals surface area contributed by atoms with Crippen LogP contribution in [0.5, 0.6) is 0 Å². The van der Waals surface area contributed by atoms with E-state index in [9.17, 15) is 9.59 Å². The topological polar surface area (TPSA) is 87.5 Å². The van der Waals surface area contributed by atoms with Crippen LogP contribution in [0.2, 0.25) is 0 Å². The van der Waals surface area contributed by atoms with E-state index in [0.717, 1.165) is 17.8 Å². The Bertz CT molecular complexity index is 1020. The Labute approximate surface area is 168 Å². The van der Waals surface area contributed by atoms with Crippen LogP contribution >= 0.6 is 0 Å². The van der Waals surface area contributed by atoms with Crippen LogP contribution in [-0.4, -0.2) is 28.9 Å². The van der Waals surface area contributed by atoms with Crippen molar-refractivity contribution in [1.82, 2.24) is 15.4 Å². The lowest BCUT2D eigenvalue weighted by atomic mass is 9.97. The zero-order valence-corrected chi connectivity index (χ0v) is 16.1. The van der Waals surface area contributed by atoms with Gasteiger partial charge in [-0.1, -0.05) is 53.7 Å². The lowest BCUT2D eigenvalue weighted by Gasteiger charge is -2.25.